The van der Waals surface area contributed by atoms with E-state index in [1.165, 1.54) is 77.0 Å². The predicted molar refractivity (Wildman–Crippen MR) is 196 cm³/mol. The van der Waals surface area contributed by atoms with Crippen LogP contribution in [0.3, 0.4) is 0 Å². The third-order valence-electron chi connectivity index (χ3n) is 8.56. The molecule has 1 saturated heterocycles. The first kappa shape index (κ1) is 41.9. The molecule has 1 aliphatic rings. The van der Waals surface area contributed by atoms with Crippen LogP contribution in [0.5, 0.6) is 0 Å². The second-order valence-electron chi connectivity index (χ2n) is 13.0. The van der Waals surface area contributed by atoms with Crippen molar-refractivity contribution in [3.05, 3.63) is 48.6 Å². The lowest BCUT2D eigenvalue weighted by Crippen LogP contribution is -2.33. The zero-order chi connectivity index (χ0) is 33.2. The largest absolute Gasteiger partial charge is 0.457 e. The van der Waals surface area contributed by atoms with Gasteiger partial charge in [-0.1, -0.05) is 127 Å². The second kappa shape index (κ2) is 32.8. The van der Waals surface area contributed by atoms with E-state index in [0.29, 0.717) is 25.9 Å². The van der Waals surface area contributed by atoms with Gasteiger partial charge in [-0.15, -0.1) is 0 Å². The van der Waals surface area contributed by atoms with Crippen LogP contribution in [0.25, 0.3) is 0 Å². The Bertz CT molecular complexity index is 830. The van der Waals surface area contributed by atoms with E-state index < -0.39 is 0 Å². The van der Waals surface area contributed by atoms with Crippen LogP contribution in [-0.2, 0) is 19.1 Å². The molecule has 0 saturated carbocycles. The topological polar surface area (TPSA) is 64.6 Å². The van der Waals surface area contributed by atoms with E-state index in [-0.39, 0.29) is 24.1 Å². The molecule has 1 fully saturated rings. The first-order valence-electron chi connectivity index (χ1n) is 19.4. The van der Waals surface area contributed by atoms with E-state index in [9.17, 15) is 9.59 Å². The minimum Gasteiger partial charge on any atom is -0.457 e. The Morgan fingerprint density at radius 3 is 1.26 bits per heavy atom. The maximum Gasteiger partial charge on any atom is 0.306 e. The molecule has 1 aliphatic heterocycles. The normalized spacial score (nSPS) is 16.9. The zero-order valence-corrected chi connectivity index (χ0v) is 30.0. The molecular formula is C41H71NO4. The molecule has 2 atom stereocenters. The fourth-order valence-electron chi connectivity index (χ4n) is 5.64. The average Bonchev–Trinajstić information content (AvgIpc) is 3.48. The van der Waals surface area contributed by atoms with Crippen molar-refractivity contribution in [3.8, 4) is 0 Å². The molecule has 0 bridgehead atoms. The van der Waals surface area contributed by atoms with Gasteiger partial charge in [-0.2, -0.15) is 0 Å². The van der Waals surface area contributed by atoms with Gasteiger partial charge in [-0.3, -0.25) is 9.59 Å². The van der Waals surface area contributed by atoms with Crippen LogP contribution < -0.4 is 5.32 Å². The van der Waals surface area contributed by atoms with E-state index in [4.69, 9.17) is 9.47 Å². The summed E-state index contributed by atoms with van der Waals surface area (Å²) < 4.78 is 11.4. The third-order valence-corrected chi connectivity index (χ3v) is 8.56. The predicted octanol–water partition coefficient (Wildman–Crippen LogP) is 11.4. The Morgan fingerprint density at radius 2 is 0.826 bits per heavy atom. The minimum absolute atomic E-state index is 0.175. The maximum atomic E-state index is 12.4. The van der Waals surface area contributed by atoms with Crippen LogP contribution in [0.4, 0.5) is 0 Å². The molecule has 5 nitrogen and oxygen atoms in total. The van der Waals surface area contributed by atoms with Gasteiger partial charge in [0.05, 0.1) is 0 Å². The Labute approximate surface area is 284 Å². The summed E-state index contributed by atoms with van der Waals surface area (Å²) in [5.74, 6) is -0.351. The summed E-state index contributed by atoms with van der Waals surface area (Å²) in [5.41, 5.74) is 0. The molecule has 0 aromatic rings. The SMILES string of the molecule is CCCCC/C=C\C/C=C\CCCCCCCC(=O)O[C@@H]1CNC[C@H]1OC(=O)CCCCCCC/C=C\CC/C=C\CCCCC. The monoisotopic (exact) mass is 642 g/mol. The molecule has 0 radical (unpaired) electrons. The molecule has 0 aliphatic carbocycles. The summed E-state index contributed by atoms with van der Waals surface area (Å²) >= 11 is 0. The summed E-state index contributed by atoms with van der Waals surface area (Å²) in [6, 6.07) is 0. The number of rotatable bonds is 31. The summed E-state index contributed by atoms with van der Waals surface area (Å²) in [5, 5.41) is 3.21. The van der Waals surface area contributed by atoms with Gasteiger partial charge in [0, 0.05) is 25.9 Å². The minimum atomic E-state index is -0.371. The van der Waals surface area contributed by atoms with Crippen molar-refractivity contribution in [2.45, 2.75) is 187 Å². The van der Waals surface area contributed by atoms with Gasteiger partial charge < -0.3 is 14.8 Å². The van der Waals surface area contributed by atoms with Crippen molar-refractivity contribution in [1.29, 1.82) is 0 Å². The van der Waals surface area contributed by atoms with Crippen molar-refractivity contribution in [3.63, 3.8) is 0 Å². The van der Waals surface area contributed by atoms with Gasteiger partial charge >= 0.3 is 11.9 Å². The van der Waals surface area contributed by atoms with E-state index in [0.717, 1.165) is 70.6 Å². The highest BCUT2D eigenvalue weighted by atomic mass is 16.6. The Morgan fingerprint density at radius 1 is 0.478 bits per heavy atom. The van der Waals surface area contributed by atoms with Crippen LogP contribution in [0.15, 0.2) is 48.6 Å². The molecule has 0 aromatic heterocycles. The molecule has 0 amide bonds. The Balaban J connectivity index is 1.97. The fraction of sp³-hybridized carbons (Fsp3) is 0.756. The summed E-state index contributed by atoms with van der Waals surface area (Å²) in [4.78, 5) is 24.8. The highest BCUT2D eigenvalue weighted by Crippen LogP contribution is 2.15. The lowest BCUT2D eigenvalue weighted by atomic mass is 10.1. The lowest BCUT2D eigenvalue weighted by molar-refractivity contribution is -0.164. The van der Waals surface area contributed by atoms with Gasteiger partial charge in [0.2, 0.25) is 0 Å². The molecule has 264 valence electrons. The number of allylic oxidation sites excluding steroid dienone is 8. The van der Waals surface area contributed by atoms with Gasteiger partial charge in [0.1, 0.15) is 0 Å². The number of nitrogens with one attached hydrogen (secondary N) is 1. The Hall–Kier alpha value is -2.14. The number of carbonyl (C=O) groups excluding carboxylic acids is 2. The van der Waals surface area contributed by atoms with E-state index in [1.54, 1.807) is 0 Å². The zero-order valence-electron chi connectivity index (χ0n) is 30.0. The van der Waals surface area contributed by atoms with E-state index >= 15 is 0 Å². The third kappa shape index (κ3) is 27.0. The number of hydrogen-bond donors (Lipinski definition) is 1. The fourth-order valence-corrected chi connectivity index (χ4v) is 5.64. The number of esters is 2. The molecule has 46 heavy (non-hydrogen) atoms. The molecular weight excluding hydrogens is 570 g/mol. The second-order valence-corrected chi connectivity index (χ2v) is 13.0. The van der Waals surface area contributed by atoms with Gasteiger partial charge in [-0.05, 0) is 83.5 Å². The van der Waals surface area contributed by atoms with Crippen LogP contribution in [0.2, 0.25) is 0 Å². The van der Waals surface area contributed by atoms with Crippen molar-refractivity contribution < 1.29 is 19.1 Å². The maximum absolute atomic E-state index is 12.4. The number of carbonyl (C=O) groups is 2. The molecule has 0 aromatic carbocycles. The van der Waals surface area contributed by atoms with E-state index in [2.05, 4.69) is 67.8 Å². The molecule has 0 spiro atoms. The molecule has 1 heterocycles. The average molecular weight is 642 g/mol. The smallest absolute Gasteiger partial charge is 0.306 e. The van der Waals surface area contributed by atoms with Crippen LogP contribution in [0.1, 0.15) is 174 Å². The molecule has 0 unspecified atom stereocenters. The highest BCUT2D eigenvalue weighted by Gasteiger charge is 2.33. The van der Waals surface area contributed by atoms with Gasteiger partial charge in [0.15, 0.2) is 12.2 Å². The van der Waals surface area contributed by atoms with Crippen LogP contribution in [-0.4, -0.2) is 37.2 Å². The molecule has 1 rings (SSSR count). The van der Waals surface area contributed by atoms with Crippen molar-refractivity contribution in [2.24, 2.45) is 0 Å². The lowest BCUT2D eigenvalue weighted by Gasteiger charge is -2.19. The van der Waals surface area contributed by atoms with Crippen molar-refractivity contribution >= 4 is 11.9 Å². The number of unbranched alkanes of at least 4 members (excludes halogenated alkanes) is 17. The van der Waals surface area contributed by atoms with Crippen molar-refractivity contribution in [1.82, 2.24) is 5.32 Å². The van der Waals surface area contributed by atoms with E-state index in [1.807, 2.05) is 0 Å². The summed E-state index contributed by atoms with van der Waals surface area (Å²) in [6.45, 7) is 5.59. The quantitative estimate of drug-likeness (QED) is 0.0463. The highest BCUT2D eigenvalue weighted by molar-refractivity contribution is 5.70. The van der Waals surface area contributed by atoms with Crippen LogP contribution >= 0.6 is 0 Å². The van der Waals surface area contributed by atoms with Crippen molar-refractivity contribution in [2.75, 3.05) is 13.1 Å². The van der Waals surface area contributed by atoms with Gasteiger partial charge in [0.25, 0.3) is 0 Å². The number of ether oxygens (including phenoxy) is 2. The molecule has 5 heteroatoms. The first-order chi connectivity index (χ1) is 22.7. The standard InChI is InChI=1S/C41H71NO4/c1-3-5-7-9-11-13-15-17-19-21-23-25-27-29-31-33-35-41(44)46-39-37-42-36-38(39)45-40(43)34-32-30-28-26-24-22-20-18-16-14-12-10-8-6-4-2/h11-14,18-21,38-39,42H,3-10,15-17,22-37H2,1-2H3/b13-11-,14-12-,20-18-,21-19-/t38-,39-/m1/s1. The van der Waals surface area contributed by atoms with Gasteiger partial charge in [-0.25, -0.2) is 0 Å². The Kier molecular flexibility index (Phi) is 29.9. The summed E-state index contributed by atoms with van der Waals surface area (Å²) in [7, 11) is 0. The number of hydrogen-bond acceptors (Lipinski definition) is 5. The first-order valence-corrected chi connectivity index (χ1v) is 19.4. The molecule has 1 N–H and O–H groups in total. The summed E-state index contributed by atoms with van der Waals surface area (Å²) in [6.07, 6.45) is 45.4. The van der Waals surface area contributed by atoms with Crippen LogP contribution in [0, 0.1) is 0 Å².